The lowest BCUT2D eigenvalue weighted by Crippen LogP contribution is -2.40. The second kappa shape index (κ2) is 4.41. The highest BCUT2D eigenvalue weighted by Crippen LogP contribution is 2.27. The number of carboxylic acid groups (broad SMARTS) is 1. The fraction of sp³-hybridized carbons (Fsp3) is 0.818. The van der Waals surface area contributed by atoms with E-state index in [1.165, 1.54) is 0 Å². The number of hydrogen-bond acceptors (Lipinski definition) is 3. The summed E-state index contributed by atoms with van der Waals surface area (Å²) in [6.45, 7) is 3.77. The van der Waals surface area contributed by atoms with Crippen molar-refractivity contribution in [2.45, 2.75) is 25.8 Å². The first-order valence-electron chi connectivity index (χ1n) is 5.69. The number of carboxylic acids is 1. The van der Waals surface area contributed by atoms with Gasteiger partial charge >= 0.3 is 5.97 Å². The molecule has 0 radical (unpaired) electrons. The number of likely N-dealkylation sites (tertiary alicyclic amines) is 1. The zero-order valence-electron chi connectivity index (χ0n) is 9.39. The van der Waals surface area contributed by atoms with Crippen LogP contribution in [0.4, 0.5) is 0 Å². The van der Waals surface area contributed by atoms with Crippen molar-refractivity contribution in [2.24, 2.45) is 11.8 Å². The Morgan fingerprint density at radius 3 is 2.88 bits per heavy atom. The second-order valence-electron chi connectivity index (χ2n) is 4.65. The van der Waals surface area contributed by atoms with E-state index < -0.39 is 11.9 Å². The third kappa shape index (κ3) is 2.04. The van der Waals surface area contributed by atoms with Crippen molar-refractivity contribution >= 4 is 11.9 Å². The number of aliphatic carboxylic acids is 1. The molecule has 3 atom stereocenters. The average molecular weight is 227 g/mol. The van der Waals surface area contributed by atoms with E-state index in [0.29, 0.717) is 19.1 Å². The Kier molecular flexibility index (Phi) is 3.14. The van der Waals surface area contributed by atoms with Crippen molar-refractivity contribution in [3.63, 3.8) is 0 Å². The number of carbonyl (C=O) groups excluding carboxylic acids is 1. The molecule has 0 saturated carbocycles. The molecule has 0 aromatic carbocycles. The number of hydrogen-bond donors (Lipinski definition) is 1. The molecule has 2 aliphatic heterocycles. The van der Waals surface area contributed by atoms with Crippen molar-refractivity contribution in [2.75, 3.05) is 19.8 Å². The molecule has 0 bridgehead atoms. The minimum atomic E-state index is -0.870. The number of carbonyl (C=O) groups is 2. The van der Waals surface area contributed by atoms with Crippen LogP contribution >= 0.6 is 0 Å². The summed E-state index contributed by atoms with van der Waals surface area (Å²) < 4.78 is 5.29. The van der Waals surface area contributed by atoms with Crippen LogP contribution in [-0.4, -0.2) is 47.7 Å². The second-order valence-corrected chi connectivity index (χ2v) is 4.65. The Morgan fingerprint density at radius 2 is 2.38 bits per heavy atom. The largest absolute Gasteiger partial charge is 0.481 e. The van der Waals surface area contributed by atoms with Crippen LogP contribution in [0.25, 0.3) is 0 Å². The van der Waals surface area contributed by atoms with E-state index >= 15 is 0 Å². The molecule has 5 heteroatoms. The normalized spacial score (nSPS) is 32.1. The summed E-state index contributed by atoms with van der Waals surface area (Å²) in [5.74, 6) is -1.08. The quantitative estimate of drug-likeness (QED) is 0.755. The van der Waals surface area contributed by atoms with E-state index in [0.717, 1.165) is 13.0 Å². The molecule has 0 aromatic rings. The Balaban J connectivity index is 1.98. The number of amides is 1. The van der Waals surface area contributed by atoms with E-state index in [9.17, 15) is 9.59 Å². The van der Waals surface area contributed by atoms with Gasteiger partial charge in [-0.15, -0.1) is 0 Å². The lowest BCUT2D eigenvalue weighted by molar-refractivity contribution is -0.141. The standard InChI is InChI=1S/C11H17NO4/c1-7(8-2-3-16-6-8)12-5-9(11(14)15)4-10(12)13/h7-9H,2-6H2,1H3,(H,14,15). The van der Waals surface area contributed by atoms with Crippen LogP contribution in [0.1, 0.15) is 19.8 Å². The Bertz CT molecular complexity index is 298. The number of nitrogens with zero attached hydrogens (tertiary/aromatic N) is 1. The lowest BCUT2D eigenvalue weighted by atomic mass is 9.99. The number of ether oxygens (including phenoxy) is 1. The third-order valence-electron chi connectivity index (χ3n) is 3.65. The predicted octanol–water partition coefficient (Wildman–Crippen LogP) is 0.344. The van der Waals surface area contributed by atoms with Gasteiger partial charge in [-0.25, -0.2) is 0 Å². The zero-order valence-corrected chi connectivity index (χ0v) is 9.39. The molecule has 16 heavy (non-hydrogen) atoms. The summed E-state index contributed by atoms with van der Waals surface area (Å²) in [6, 6.07) is 0.0966. The smallest absolute Gasteiger partial charge is 0.308 e. The van der Waals surface area contributed by atoms with Crippen molar-refractivity contribution in [3.05, 3.63) is 0 Å². The van der Waals surface area contributed by atoms with Crippen LogP contribution in [-0.2, 0) is 14.3 Å². The van der Waals surface area contributed by atoms with Crippen LogP contribution in [0.5, 0.6) is 0 Å². The fourth-order valence-corrected chi connectivity index (χ4v) is 2.48. The van der Waals surface area contributed by atoms with Crippen molar-refractivity contribution in [3.8, 4) is 0 Å². The van der Waals surface area contributed by atoms with Crippen molar-refractivity contribution < 1.29 is 19.4 Å². The molecule has 2 saturated heterocycles. The summed E-state index contributed by atoms with van der Waals surface area (Å²) >= 11 is 0. The molecule has 2 aliphatic rings. The van der Waals surface area contributed by atoms with Crippen LogP contribution < -0.4 is 0 Å². The molecule has 5 nitrogen and oxygen atoms in total. The minimum absolute atomic E-state index is 0.0354. The van der Waals surface area contributed by atoms with E-state index in [1.807, 2.05) is 6.92 Å². The minimum Gasteiger partial charge on any atom is -0.481 e. The van der Waals surface area contributed by atoms with E-state index in [-0.39, 0.29) is 18.4 Å². The SMILES string of the molecule is CC(C1CCOC1)N1CC(C(=O)O)CC1=O. The Hall–Kier alpha value is -1.10. The zero-order chi connectivity index (χ0) is 11.7. The van der Waals surface area contributed by atoms with Gasteiger partial charge in [0.2, 0.25) is 5.91 Å². The summed E-state index contributed by atoms with van der Waals surface area (Å²) in [4.78, 5) is 24.2. The van der Waals surface area contributed by atoms with Gasteiger partial charge in [-0.3, -0.25) is 9.59 Å². The maximum absolute atomic E-state index is 11.7. The van der Waals surface area contributed by atoms with Gasteiger partial charge in [-0.2, -0.15) is 0 Å². The van der Waals surface area contributed by atoms with Gasteiger partial charge in [-0.1, -0.05) is 0 Å². The average Bonchev–Trinajstić information content (AvgIpc) is 2.84. The van der Waals surface area contributed by atoms with Gasteiger partial charge in [0.25, 0.3) is 0 Å². The van der Waals surface area contributed by atoms with Crippen molar-refractivity contribution in [1.82, 2.24) is 4.90 Å². The predicted molar refractivity (Wildman–Crippen MR) is 55.8 cm³/mol. The molecule has 2 rings (SSSR count). The van der Waals surface area contributed by atoms with Crippen LogP contribution in [0.2, 0.25) is 0 Å². The maximum atomic E-state index is 11.7. The molecular weight excluding hydrogens is 210 g/mol. The summed E-state index contributed by atoms with van der Waals surface area (Å²) in [5.41, 5.74) is 0. The maximum Gasteiger partial charge on any atom is 0.308 e. The molecule has 0 spiro atoms. The molecule has 2 heterocycles. The van der Waals surface area contributed by atoms with Gasteiger partial charge in [0.1, 0.15) is 0 Å². The van der Waals surface area contributed by atoms with Gasteiger partial charge in [0.05, 0.1) is 12.5 Å². The summed E-state index contributed by atoms with van der Waals surface area (Å²) in [5, 5.41) is 8.89. The highest BCUT2D eigenvalue weighted by Gasteiger charge is 2.39. The third-order valence-corrected chi connectivity index (χ3v) is 3.65. The van der Waals surface area contributed by atoms with Gasteiger partial charge in [0.15, 0.2) is 0 Å². The molecule has 0 aliphatic carbocycles. The molecular formula is C11H17NO4. The first-order chi connectivity index (χ1) is 7.59. The first-order valence-corrected chi connectivity index (χ1v) is 5.69. The van der Waals surface area contributed by atoms with Crippen LogP contribution in [0.15, 0.2) is 0 Å². The van der Waals surface area contributed by atoms with Crippen LogP contribution in [0.3, 0.4) is 0 Å². The van der Waals surface area contributed by atoms with Gasteiger partial charge < -0.3 is 14.7 Å². The van der Waals surface area contributed by atoms with E-state index in [1.54, 1.807) is 4.90 Å². The highest BCUT2D eigenvalue weighted by atomic mass is 16.5. The van der Waals surface area contributed by atoms with Crippen molar-refractivity contribution in [1.29, 1.82) is 0 Å². The Labute approximate surface area is 94.4 Å². The van der Waals surface area contributed by atoms with Gasteiger partial charge in [0, 0.05) is 31.5 Å². The fourth-order valence-electron chi connectivity index (χ4n) is 2.48. The van der Waals surface area contributed by atoms with E-state index in [2.05, 4.69) is 0 Å². The summed E-state index contributed by atoms with van der Waals surface area (Å²) in [7, 11) is 0. The molecule has 1 N–H and O–H groups in total. The molecule has 1 amide bonds. The van der Waals surface area contributed by atoms with Gasteiger partial charge in [-0.05, 0) is 13.3 Å². The Morgan fingerprint density at radius 1 is 1.62 bits per heavy atom. The summed E-state index contributed by atoms with van der Waals surface area (Å²) in [6.07, 6.45) is 1.11. The molecule has 90 valence electrons. The van der Waals surface area contributed by atoms with E-state index in [4.69, 9.17) is 9.84 Å². The molecule has 0 aromatic heterocycles. The first kappa shape index (κ1) is 11.4. The topological polar surface area (TPSA) is 66.8 Å². The lowest BCUT2D eigenvalue weighted by Gasteiger charge is -2.28. The molecule has 3 unspecified atom stereocenters. The van der Waals surface area contributed by atoms with Crippen LogP contribution in [0, 0.1) is 11.8 Å². The highest BCUT2D eigenvalue weighted by molar-refractivity contribution is 5.86. The molecule has 2 fully saturated rings. The number of rotatable bonds is 3. The monoisotopic (exact) mass is 227 g/mol.